The summed E-state index contributed by atoms with van der Waals surface area (Å²) in [6, 6.07) is 0. The topological polar surface area (TPSA) is 70.1 Å². The lowest BCUT2D eigenvalue weighted by Crippen LogP contribution is -2.55. The number of hydrogen-bond donors (Lipinski definition) is 3. The normalized spacial score (nSPS) is 46.0. The third kappa shape index (κ3) is 2.90. The molecule has 0 aliphatic heterocycles. The van der Waals surface area contributed by atoms with Crippen LogP contribution in [0.4, 0.5) is 0 Å². The minimum atomic E-state index is -0.153. The summed E-state index contributed by atoms with van der Waals surface area (Å²) in [5, 5.41) is 18.4. The van der Waals surface area contributed by atoms with Gasteiger partial charge in [0.15, 0.2) is 0 Å². The van der Waals surface area contributed by atoms with E-state index in [1.54, 1.807) is 5.57 Å². The third-order valence-corrected chi connectivity index (χ3v) is 11.4. The Kier molecular flexibility index (Phi) is 5.28. The van der Waals surface area contributed by atoms with Gasteiger partial charge in [0.25, 0.3) is 0 Å². The molecule has 0 radical (unpaired) electrons. The van der Waals surface area contributed by atoms with Gasteiger partial charge in [0.1, 0.15) is 0 Å². The highest BCUT2D eigenvalue weighted by molar-refractivity contribution is 5.76. The van der Waals surface area contributed by atoms with E-state index in [0.29, 0.717) is 28.5 Å². The second-order valence-electron chi connectivity index (χ2n) is 12.8. The molecule has 5 unspecified atom stereocenters. The number of rotatable bonds is 4. The minimum Gasteiger partial charge on any atom is -0.393 e. The molecule has 0 amide bonds. The van der Waals surface area contributed by atoms with Gasteiger partial charge >= 0.3 is 0 Å². The molecule has 0 aromatic heterocycles. The van der Waals surface area contributed by atoms with E-state index in [9.17, 15) is 5.11 Å². The smallest absolute Gasteiger partial charge is 0.0905 e. The van der Waals surface area contributed by atoms with E-state index >= 15 is 0 Å². The molecule has 0 aromatic carbocycles. The number of hydrogen-bond acceptors (Lipinski definition) is 2. The summed E-state index contributed by atoms with van der Waals surface area (Å²) in [6.07, 6.45) is 11.5. The van der Waals surface area contributed by atoms with Gasteiger partial charge in [0, 0.05) is 6.42 Å². The van der Waals surface area contributed by atoms with Gasteiger partial charge in [0.05, 0.1) is 11.9 Å². The number of nitrogens with two attached hydrogens (primary N) is 1. The van der Waals surface area contributed by atoms with Crippen LogP contribution in [0.15, 0.2) is 11.1 Å². The predicted molar refractivity (Wildman–Crippen MR) is 125 cm³/mol. The van der Waals surface area contributed by atoms with Crippen LogP contribution in [0, 0.1) is 44.8 Å². The number of aliphatic hydroxyl groups is 1. The second kappa shape index (κ2) is 7.09. The monoisotopic (exact) mass is 414 g/mol. The van der Waals surface area contributed by atoms with Crippen LogP contribution in [-0.4, -0.2) is 17.0 Å². The van der Waals surface area contributed by atoms with Crippen molar-refractivity contribution in [3.8, 4) is 0 Å². The molecule has 0 spiro atoms. The molecule has 0 saturated heterocycles. The summed E-state index contributed by atoms with van der Waals surface area (Å²) in [4.78, 5) is 0. The van der Waals surface area contributed by atoms with E-state index in [4.69, 9.17) is 11.1 Å². The molecule has 7 atom stereocenters. The van der Waals surface area contributed by atoms with E-state index in [1.165, 1.54) is 38.5 Å². The van der Waals surface area contributed by atoms with Crippen molar-refractivity contribution >= 4 is 5.84 Å². The largest absolute Gasteiger partial charge is 0.393 e. The standard InChI is InChI=1S/C27H46N2O/c1-17(7-10-23(28)29)18-11-15-27(6)20-8-9-21-24(2,3)22(30)13-14-25(21,4)19(20)12-16-26(18,27)5/h17-18,21-22,30H,7-16H2,1-6H3,(H3,28,29)/t17-,18?,21?,22?,25?,26?,27+/m1/s1. The molecule has 2 saturated carbocycles. The van der Waals surface area contributed by atoms with E-state index in [-0.39, 0.29) is 16.9 Å². The number of allylic oxidation sites excluding steroid dienone is 2. The Labute approximate surface area is 184 Å². The fourth-order valence-corrected chi connectivity index (χ4v) is 9.21. The van der Waals surface area contributed by atoms with Gasteiger partial charge < -0.3 is 10.8 Å². The zero-order valence-corrected chi connectivity index (χ0v) is 20.4. The van der Waals surface area contributed by atoms with Gasteiger partial charge in [0.2, 0.25) is 0 Å². The molecule has 4 N–H and O–H groups in total. The summed E-state index contributed by atoms with van der Waals surface area (Å²) >= 11 is 0. The Morgan fingerprint density at radius 3 is 2.40 bits per heavy atom. The first-order valence-electron chi connectivity index (χ1n) is 12.6. The summed E-state index contributed by atoms with van der Waals surface area (Å²) in [5.41, 5.74) is 10.3. The summed E-state index contributed by atoms with van der Waals surface area (Å²) in [7, 11) is 0. The van der Waals surface area contributed by atoms with Gasteiger partial charge in [-0.05, 0) is 97.2 Å². The van der Waals surface area contributed by atoms with Gasteiger partial charge in [-0.15, -0.1) is 0 Å². The Bertz CT molecular complexity index is 754. The van der Waals surface area contributed by atoms with Crippen molar-refractivity contribution in [2.75, 3.05) is 0 Å². The van der Waals surface area contributed by atoms with Gasteiger partial charge in [-0.1, -0.05) is 52.7 Å². The van der Waals surface area contributed by atoms with Crippen molar-refractivity contribution in [3.05, 3.63) is 11.1 Å². The summed E-state index contributed by atoms with van der Waals surface area (Å²) in [6.45, 7) is 14.8. The van der Waals surface area contributed by atoms with Crippen LogP contribution in [0.5, 0.6) is 0 Å². The molecule has 4 aliphatic carbocycles. The minimum absolute atomic E-state index is 0.0204. The zero-order valence-electron chi connectivity index (χ0n) is 20.4. The Morgan fingerprint density at radius 1 is 1.03 bits per heavy atom. The van der Waals surface area contributed by atoms with Gasteiger partial charge in [-0.25, -0.2) is 0 Å². The molecule has 3 heteroatoms. The maximum atomic E-state index is 10.8. The van der Waals surface area contributed by atoms with Crippen molar-refractivity contribution in [3.63, 3.8) is 0 Å². The van der Waals surface area contributed by atoms with E-state index in [1.807, 2.05) is 5.57 Å². The third-order valence-electron chi connectivity index (χ3n) is 11.4. The van der Waals surface area contributed by atoms with Crippen LogP contribution in [0.3, 0.4) is 0 Å². The van der Waals surface area contributed by atoms with E-state index in [2.05, 4.69) is 41.5 Å². The fraction of sp³-hybridized carbons (Fsp3) is 0.889. The second-order valence-corrected chi connectivity index (χ2v) is 12.8. The number of aliphatic hydroxyl groups excluding tert-OH is 1. The molecule has 30 heavy (non-hydrogen) atoms. The maximum Gasteiger partial charge on any atom is 0.0905 e. The highest BCUT2D eigenvalue weighted by Crippen LogP contribution is 2.72. The quantitative estimate of drug-likeness (QED) is 0.281. The lowest BCUT2D eigenvalue weighted by atomic mass is 9.43. The Hall–Kier alpha value is -0.830. The maximum absolute atomic E-state index is 10.8. The first kappa shape index (κ1) is 22.4. The SMILES string of the molecule is C[C@H](CCC(=N)N)C1CC[C@@]2(C)C3=C(CCC12C)C1(C)CCC(O)C(C)(C)C1CC3. The number of nitrogens with one attached hydrogen (secondary N) is 1. The van der Waals surface area contributed by atoms with Crippen molar-refractivity contribution in [2.24, 2.45) is 45.1 Å². The zero-order chi connectivity index (χ0) is 22.1. The molecular weight excluding hydrogens is 368 g/mol. The Balaban J connectivity index is 1.68. The summed E-state index contributed by atoms with van der Waals surface area (Å²) in [5.74, 6) is 2.33. The highest BCUT2D eigenvalue weighted by atomic mass is 16.3. The molecule has 2 fully saturated rings. The summed E-state index contributed by atoms with van der Waals surface area (Å²) < 4.78 is 0. The van der Waals surface area contributed by atoms with Gasteiger partial charge in [-0.3, -0.25) is 5.41 Å². The molecule has 170 valence electrons. The number of fused-ring (bicyclic) bond motifs is 4. The molecule has 0 aromatic rings. The van der Waals surface area contributed by atoms with Crippen LogP contribution in [0.2, 0.25) is 0 Å². The van der Waals surface area contributed by atoms with E-state index in [0.717, 1.165) is 31.6 Å². The Morgan fingerprint density at radius 2 is 1.73 bits per heavy atom. The lowest BCUT2D eigenvalue weighted by molar-refractivity contribution is -0.0962. The first-order valence-corrected chi connectivity index (χ1v) is 12.6. The average molecular weight is 415 g/mol. The van der Waals surface area contributed by atoms with Crippen molar-refractivity contribution in [2.45, 2.75) is 112 Å². The van der Waals surface area contributed by atoms with E-state index < -0.39 is 0 Å². The first-order chi connectivity index (χ1) is 13.9. The number of amidine groups is 1. The van der Waals surface area contributed by atoms with Crippen LogP contribution >= 0.6 is 0 Å². The highest BCUT2D eigenvalue weighted by Gasteiger charge is 2.63. The molecule has 3 nitrogen and oxygen atoms in total. The molecule has 4 aliphatic rings. The molecule has 0 heterocycles. The molecule has 4 rings (SSSR count). The predicted octanol–water partition coefficient (Wildman–Crippen LogP) is 6.45. The van der Waals surface area contributed by atoms with Crippen LogP contribution in [-0.2, 0) is 0 Å². The lowest BCUT2D eigenvalue weighted by Gasteiger charge is -2.62. The molecule has 0 bridgehead atoms. The average Bonchev–Trinajstić information content (AvgIpc) is 2.95. The van der Waals surface area contributed by atoms with Crippen molar-refractivity contribution < 1.29 is 5.11 Å². The fourth-order valence-electron chi connectivity index (χ4n) is 9.21. The van der Waals surface area contributed by atoms with Crippen LogP contribution in [0.1, 0.15) is 106 Å². The van der Waals surface area contributed by atoms with Crippen LogP contribution < -0.4 is 5.73 Å². The van der Waals surface area contributed by atoms with Crippen molar-refractivity contribution in [1.82, 2.24) is 0 Å². The van der Waals surface area contributed by atoms with Crippen molar-refractivity contribution in [1.29, 1.82) is 5.41 Å². The molecular formula is C27H46N2O. The van der Waals surface area contributed by atoms with Gasteiger partial charge in [-0.2, -0.15) is 0 Å². The van der Waals surface area contributed by atoms with Crippen LogP contribution in [0.25, 0.3) is 0 Å².